The zero-order chi connectivity index (χ0) is 53.7. The molecule has 18 nitrogen and oxygen atoms in total. The number of hydrogen-bond acceptors (Lipinski definition) is 12. The standard InChI is InChI=1S/C60H73N11O7/c1-35(2)69-34-61-46-33-45(63-53(52(46)69)62-39-13-14-39)38-12-17-44-49(30-38)70(42-31-41(32-42)66-24-5-4-6-25-66)59(78)60(44)22-28-68(29-23-60)56(75)37-20-26-67(27-21-37)55(74)36-10-15-40(16-11-36)65(3)47-9-7-8-43-51(47)58(77)71(57(43)76)48-18-19-50(72)64-54(48)73/h7-9,12,17,30,33-37,39-42,48H,4-6,10-11,13-16,18-29,31-32H2,1-3H3,(H,62,63)(H,64,72,73). The molecule has 0 radical (unpaired) electrons. The summed E-state index contributed by atoms with van der Waals surface area (Å²) in [7, 11) is 1.92. The predicted octanol–water partition coefficient (Wildman–Crippen LogP) is 6.81. The lowest BCUT2D eigenvalue weighted by Gasteiger charge is -2.48. The van der Waals surface area contributed by atoms with Gasteiger partial charge in [0.15, 0.2) is 5.82 Å². The molecule has 78 heavy (non-hydrogen) atoms. The Morgan fingerprint density at radius 3 is 2.15 bits per heavy atom. The van der Waals surface area contributed by atoms with Gasteiger partial charge in [0, 0.05) is 92.9 Å². The highest BCUT2D eigenvalue weighted by Gasteiger charge is 2.56. The van der Waals surface area contributed by atoms with E-state index < -0.39 is 35.1 Å². The topological polar surface area (TPSA) is 194 Å². The number of hydrogen-bond donors (Lipinski definition) is 2. The number of anilines is 3. The van der Waals surface area contributed by atoms with Gasteiger partial charge in [0.2, 0.25) is 29.5 Å². The van der Waals surface area contributed by atoms with Crippen molar-refractivity contribution in [3.8, 4) is 11.3 Å². The van der Waals surface area contributed by atoms with Gasteiger partial charge in [-0.2, -0.15) is 0 Å². The molecule has 2 N–H and O–H groups in total. The average molecular weight is 1060 g/mol. The molecule has 7 fully saturated rings. The molecule has 1 atom stereocenters. The Labute approximate surface area is 455 Å². The van der Waals surface area contributed by atoms with Gasteiger partial charge in [-0.3, -0.25) is 43.8 Å². The summed E-state index contributed by atoms with van der Waals surface area (Å²) in [6.45, 7) is 8.70. The van der Waals surface area contributed by atoms with Crippen LogP contribution in [0.2, 0.25) is 0 Å². The van der Waals surface area contributed by atoms with Crippen molar-refractivity contribution in [1.29, 1.82) is 0 Å². The first-order valence-electron chi connectivity index (χ1n) is 29.3. The summed E-state index contributed by atoms with van der Waals surface area (Å²) in [5.41, 5.74) is 6.25. The van der Waals surface area contributed by atoms with Crippen molar-refractivity contribution in [1.82, 2.24) is 39.5 Å². The number of rotatable bonds is 11. The highest BCUT2D eigenvalue weighted by Crippen LogP contribution is 2.53. The molecule has 3 aliphatic carbocycles. The number of nitrogens with one attached hydrogen (secondary N) is 2. The van der Waals surface area contributed by atoms with Crippen molar-refractivity contribution in [3.63, 3.8) is 0 Å². The molecular formula is C60H73N11O7. The molecule has 7 amide bonds. The van der Waals surface area contributed by atoms with Gasteiger partial charge < -0.3 is 34.4 Å². The van der Waals surface area contributed by atoms with Crippen molar-refractivity contribution in [2.24, 2.45) is 11.8 Å². The Bertz CT molecular complexity index is 3110. The minimum absolute atomic E-state index is 0.0330. The Kier molecular flexibility index (Phi) is 13.0. The number of benzene rings is 2. The van der Waals surface area contributed by atoms with Crippen LogP contribution in [0.15, 0.2) is 48.8 Å². The predicted molar refractivity (Wildman–Crippen MR) is 294 cm³/mol. The Morgan fingerprint density at radius 2 is 1.46 bits per heavy atom. The summed E-state index contributed by atoms with van der Waals surface area (Å²) in [5, 5.41) is 5.96. The van der Waals surface area contributed by atoms with Crippen LogP contribution in [-0.4, -0.2) is 152 Å². The molecule has 9 aliphatic rings. The number of imide groups is 2. The van der Waals surface area contributed by atoms with Crippen LogP contribution in [-0.2, 0) is 29.4 Å². The van der Waals surface area contributed by atoms with Gasteiger partial charge in [-0.1, -0.05) is 24.6 Å². The van der Waals surface area contributed by atoms with E-state index in [9.17, 15) is 28.8 Å². The van der Waals surface area contributed by atoms with E-state index in [2.05, 4.69) is 63.1 Å². The molecule has 2 aromatic heterocycles. The van der Waals surface area contributed by atoms with Crippen molar-refractivity contribution in [2.75, 3.05) is 61.4 Å². The van der Waals surface area contributed by atoms with E-state index in [0.29, 0.717) is 82.5 Å². The lowest BCUT2D eigenvalue weighted by atomic mass is 9.73. The Hall–Kier alpha value is -6.69. The van der Waals surface area contributed by atoms with Gasteiger partial charge in [-0.05, 0) is 153 Å². The second-order valence-corrected chi connectivity index (χ2v) is 24.4. The number of aromatic nitrogens is 3. The summed E-state index contributed by atoms with van der Waals surface area (Å²) in [6, 6.07) is 14.1. The van der Waals surface area contributed by atoms with Gasteiger partial charge in [-0.25, -0.2) is 9.97 Å². The SMILES string of the molecule is CC(C)n1cnc2cc(-c3ccc4c(c3)N(C3CC(N5CCCCC5)C3)C(=O)C43CCN(C(=O)C4CCN(C(=O)C5CCC(N(C)c6cccc7c6C(=O)N(C6CCC(=O)NC6=O)C7=O)CC5)CC4)CC3)nc(NC3CC3)c21. The van der Waals surface area contributed by atoms with E-state index in [0.717, 1.165) is 95.9 Å². The molecular weight excluding hydrogens is 987 g/mol. The molecule has 1 spiro atoms. The fourth-order valence-electron chi connectivity index (χ4n) is 14.7. The minimum Gasteiger partial charge on any atom is -0.371 e. The highest BCUT2D eigenvalue weighted by atomic mass is 16.2. The molecule has 4 saturated heterocycles. The quantitative estimate of drug-likeness (QED) is 0.149. The van der Waals surface area contributed by atoms with Gasteiger partial charge in [-0.15, -0.1) is 0 Å². The van der Waals surface area contributed by atoms with Gasteiger partial charge in [0.25, 0.3) is 11.8 Å². The monoisotopic (exact) mass is 1060 g/mol. The second kappa shape index (κ2) is 19.9. The van der Waals surface area contributed by atoms with E-state index in [4.69, 9.17) is 9.97 Å². The molecule has 1 unspecified atom stereocenters. The largest absolute Gasteiger partial charge is 0.371 e. The smallest absolute Gasteiger partial charge is 0.264 e. The fourth-order valence-corrected chi connectivity index (χ4v) is 14.7. The number of fused-ring (bicyclic) bond motifs is 4. The second-order valence-electron chi connectivity index (χ2n) is 24.4. The van der Waals surface area contributed by atoms with Crippen LogP contribution in [0.3, 0.4) is 0 Å². The molecule has 18 heteroatoms. The van der Waals surface area contributed by atoms with E-state index in [-0.39, 0.29) is 71.7 Å². The fraction of sp³-hybridized carbons (Fsp3) is 0.583. The number of imidazole rings is 1. The summed E-state index contributed by atoms with van der Waals surface area (Å²) >= 11 is 0. The van der Waals surface area contributed by atoms with Crippen molar-refractivity contribution in [3.05, 3.63) is 65.5 Å². The third-order valence-electron chi connectivity index (χ3n) is 19.6. The number of carbonyl (C=O) groups excluding carboxylic acids is 7. The molecule has 8 heterocycles. The highest BCUT2D eigenvalue weighted by molar-refractivity contribution is 6.25. The molecule has 410 valence electrons. The van der Waals surface area contributed by atoms with Gasteiger partial charge in [0.05, 0.1) is 39.8 Å². The molecule has 6 aliphatic heterocycles. The normalized spacial score (nSPS) is 26.7. The average Bonchev–Trinajstić information content (AvgIpc) is 4.26. The van der Waals surface area contributed by atoms with Crippen molar-refractivity contribution >= 4 is 69.6 Å². The minimum atomic E-state index is -1.04. The van der Waals surface area contributed by atoms with Crippen LogP contribution in [0.4, 0.5) is 17.2 Å². The molecule has 2 aromatic carbocycles. The lowest BCUT2D eigenvalue weighted by molar-refractivity contribution is -0.144. The Balaban J connectivity index is 0.649. The van der Waals surface area contributed by atoms with Crippen LogP contribution in [0.1, 0.15) is 155 Å². The van der Waals surface area contributed by atoms with Crippen molar-refractivity contribution in [2.45, 2.75) is 165 Å². The molecule has 13 rings (SSSR count). The number of likely N-dealkylation sites (tertiary alicyclic amines) is 3. The first-order valence-corrected chi connectivity index (χ1v) is 29.3. The summed E-state index contributed by atoms with van der Waals surface area (Å²) < 4.78 is 2.19. The third kappa shape index (κ3) is 8.65. The van der Waals surface area contributed by atoms with Crippen molar-refractivity contribution < 1.29 is 33.6 Å². The zero-order valence-corrected chi connectivity index (χ0v) is 45.4. The van der Waals surface area contributed by atoms with Crippen LogP contribution in [0.5, 0.6) is 0 Å². The maximum atomic E-state index is 15.3. The number of carbonyl (C=O) groups is 7. The number of amides is 7. The van der Waals surface area contributed by atoms with Crippen LogP contribution < -0.4 is 20.4 Å². The van der Waals surface area contributed by atoms with E-state index >= 15 is 4.79 Å². The zero-order valence-electron chi connectivity index (χ0n) is 45.4. The molecule has 3 saturated carbocycles. The first-order chi connectivity index (χ1) is 37.8. The van der Waals surface area contributed by atoms with E-state index in [1.54, 1.807) is 12.1 Å². The number of piperidine rings is 4. The van der Waals surface area contributed by atoms with Crippen LogP contribution in [0.25, 0.3) is 22.3 Å². The summed E-state index contributed by atoms with van der Waals surface area (Å²) in [4.78, 5) is 118. The number of pyridine rings is 1. The maximum absolute atomic E-state index is 15.3. The molecule has 0 bridgehead atoms. The maximum Gasteiger partial charge on any atom is 0.264 e. The third-order valence-corrected chi connectivity index (χ3v) is 19.6. The van der Waals surface area contributed by atoms with Gasteiger partial charge >= 0.3 is 0 Å². The molecule has 4 aromatic rings. The van der Waals surface area contributed by atoms with Crippen LogP contribution >= 0.6 is 0 Å². The number of nitrogens with zero attached hydrogens (tertiary/aromatic N) is 9. The summed E-state index contributed by atoms with van der Waals surface area (Å²) in [5.74, 6) is -1.12. The van der Waals surface area contributed by atoms with Crippen LogP contribution in [0, 0.1) is 11.8 Å². The first kappa shape index (κ1) is 50.8. The van der Waals surface area contributed by atoms with Gasteiger partial charge in [0.1, 0.15) is 11.6 Å². The summed E-state index contributed by atoms with van der Waals surface area (Å²) in [6.07, 6.45) is 15.2. The van der Waals surface area contributed by atoms with E-state index in [1.165, 1.54) is 19.3 Å². The van der Waals surface area contributed by atoms with E-state index in [1.807, 2.05) is 34.1 Å². The Morgan fingerprint density at radius 1 is 0.756 bits per heavy atom. The lowest BCUT2D eigenvalue weighted by Crippen LogP contribution is -2.58.